The van der Waals surface area contributed by atoms with Crippen LogP contribution in [0.25, 0.3) is 0 Å². The summed E-state index contributed by atoms with van der Waals surface area (Å²) in [6.45, 7) is 5.01. The second-order valence-electron chi connectivity index (χ2n) is 5.72. The number of hydrogen-bond donors (Lipinski definition) is 1. The molecule has 0 saturated carbocycles. The highest BCUT2D eigenvalue weighted by atomic mass is 16.2. The van der Waals surface area contributed by atoms with Crippen molar-refractivity contribution >= 4 is 5.91 Å². The molecule has 17 heavy (non-hydrogen) atoms. The number of hydrogen-bond acceptors (Lipinski definition) is 3. The van der Waals surface area contributed by atoms with Crippen LogP contribution in [-0.4, -0.2) is 61.5 Å². The Balaban J connectivity index is 1.86. The van der Waals surface area contributed by atoms with Crippen LogP contribution < -0.4 is 5.32 Å². The number of likely N-dealkylation sites (tertiary alicyclic amines) is 1. The summed E-state index contributed by atoms with van der Waals surface area (Å²) in [6.07, 6.45) is 3.35. The molecule has 4 heteroatoms. The standard InChI is InChI=1S/C13H25N3O/c1-10-4-7-14-12(10)13(17)16-8-5-11(6-9-16)15(2)3/h10-12,14H,4-9H2,1-3H3. The maximum atomic E-state index is 12.3. The molecule has 0 aromatic rings. The summed E-state index contributed by atoms with van der Waals surface area (Å²) in [7, 11) is 4.26. The summed E-state index contributed by atoms with van der Waals surface area (Å²) in [6, 6.07) is 0.721. The lowest BCUT2D eigenvalue weighted by molar-refractivity contribution is -0.135. The van der Waals surface area contributed by atoms with Gasteiger partial charge in [0.1, 0.15) is 0 Å². The maximum absolute atomic E-state index is 12.3. The number of nitrogens with one attached hydrogen (secondary N) is 1. The number of rotatable bonds is 2. The van der Waals surface area contributed by atoms with Gasteiger partial charge in [-0.2, -0.15) is 0 Å². The van der Waals surface area contributed by atoms with Crippen molar-refractivity contribution in [3.63, 3.8) is 0 Å². The molecule has 0 radical (unpaired) electrons. The van der Waals surface area contributed by atoms with Gasteiger partial charge in [0.15, 0.2) is 0 Å². The SMILES string of the molecule is CC1CCNC1C(=O)N1CCC(N(C)C)CC1. The molecule has 1 amide bonds. The van der Waals surface area contributed by atoms with Gasteiger partial charge in [0.05, 0.1) is 6.04 Å². The van der Waals surface area contributed by atoms with E-state index >= 15 is 0 Å². The van der Waals surface area contributed by atoms with Crippen LogP contribution in [0, 0.1) is 5.92 Å². The molecule has 2 fully saturated rings. The van der Waals surface area contributed by atoms with Gasteiger partial charge in [0.2, 0.25) is 5.91 Å². The fraction of sp³-hybridized carbons (Fsp3) is 0.923. The van der Waals surface area contributed by atoms with E-state index in [0.717, 1.165) is 38.9 Å². The molecule has 2 aliphatic heterocycles. The van der Waals surface area contributed by atoms with Crippen LogP contribution in [-0.2, 0) is 4.79 Å². The van der Waals surface area contributed by atoms with Crippen molar-refractivity contribution in [1.29, 1.82) is 0 Å². The number of amides is 1. The molecular formula is C13H25N3O. The molecule has 0 spiro atoms. The van der Waals surface area contributed by atoms with Crippen LogP contribution in [0.1, 0.15) is 26.2 Å². The molecule has 4 nitrogen and oxygen atoms in total. The highest BCUT2D eigenvalue weighted by Crippen LogP contribution is 2.20. The van der Waals surface area contributed by atoms with Crippen molar-refractivity contribution in [3.05, 3.63) is 0 Å². The fourth-order valence-electron chi connectivity index (χ4n) is 2.96. The van der Waals surface area contributed by atoms with E-state index in [-0.39, 0.29) is 6.04 Å². The van der Waals surface area contributed by atoms with Crippen LogP contribution in [0.3, 0.4) is 0 Å². The topological polar surface area (TPSA) is 35.6 Å². The van der Waals surface area contributed by atoms with Gasteiger partial charge >= 0.3 is 0 Å². The minimum absolute atomic E-state index is 0.0749. The van der Waals surface area contributed by atoms with Crippen LogP contribution in [0.15, 0.2) is 0 Å². The van der Waals surface area contributed by atoms with Gasteiger partial charge in [-0.25, -0.2) is 0 Å². The summed E-state index contributed by atoms with van der Waals surface area (Å²) < 4.78 is 0. The highest BCUT2D eigenvalue weighted by Gasteiger charge is 2.34. The average molecular weight is 239 g/mol. The molecule has 2 unspecified atom stereocenters. The molecular weight excluding hydrogens is 214 g/mol. The third-order valence-electron chi connectivity index (χ3n) is 4.31. The molecule has 1 N–H and O–H groups in total. The van der Waals surface area contributed by atoms with Crippen LogP contribution >= 0.6 is 0 Å². The Morgan fingerprint density at radius 2 is 1.88 bits per heavy atom. The van der Waals surface area contributed by atoms with Gasteiger partial charge in [-0.1, -0.05) is 6.92 Å². The van der Waals surface area contributed by atoms with Gasteiger partial charge < -0.3 is 15.1 Å². The zero-order valence-corrected chi connectivity index (χ0v) is 11.3. The van der Waals surface area contributed by atoms with Gasteiger partial charge in [-0.15, -0.1) is 0 Å². The Kier molecular flexibility index (Phi) is 4.05. The van der Waals surface area contributed by atoms with E-state index in [1.165, 1.54) is 0 Å². The molecule has 0 aromatic carbocycles. The third kappa shape index (κ3) is 2.80. The molecule has 2 atom stereocenters. The molecule has 2 heterocycles. The lowest BCUT2D eigenvalue weighted by Crippen LogP contribution is -2.51. The van der Waals surface area contributed by atoms with Crippen LogP contribution in [0.4, 0.5) is 0 Å². The van der Waals surface area contributed by atoms with Crippen molar-refractivity contribution in [1.82, 2.24) is 15.1 Å². The first kappa shape index (κ1) is 12.8. The van der Waals surface area contributed by atoms with Crippen molar-refractivity contribution in [2.45, 2.75) is 38.3 Å². The zero-order valence-electron chi connectivity index (χ0n) is 11.3. The monoisotopic (exact) mass is 239 g/mol. The molecule has 2 saturated heterocycles. The molecule has 0 aromatic heterocycles. The average Bonchev–Trinajstić information content (AvgIpc) is 2.74. The predicted molar refractivity (Wildman–Crippen MR) is 68.9 cm³/mol. The molecule has 0 aliphatic carbocycles. The Morgan fingerprint density at radius 3 is 2.35 bits per heavy atom. The Morgan fingerprint density at radius 1 is 1.24 bits per heavy atom. The largest absolute Gasteiger partial charge is 0.341 e. The van der Waals surface area contributed by atoms with Gasteiger partial charge in [0.25, 0.3) is 0 Å². The molecule has 2 rings (SSSR count). The van der Waals surface area contributed by atoms with Crippen molar-refractivity contribution < 1.29 is 4.79 Å². The van der Waals surface area contributed by atoms with E-state index in [1.807, 2.05) is 0 Å². The highest BCUT2D eigenvalue weighted by molar-refractivity contribution is 5.82. The Hall–Kier alpha value is -0.610. The summed E-state index contributed by atoms with van der Waals surface area (Å²) in [4.78, 5) is 16.7. The third-order valence-corrected chi connectivity index (χ3v) is 4.31. The molecule has 0 bridgehead atoms. The summed E-state index contributed by atoms with van der Waals surface area (Å²) in [5.41, 5.74) is 0. The van der Waals surface area contributed by atoms with Gasteiger partial charge in [-0.3, -0.25) is 4.79 Å². The van der Waals surface area contributed by atoms with Crippen LogP contribution in [0.2, 0.25) is 0 Å². The van der Waals surface area contributed by atoms with E-state index in [0.29, 0.717) is 17.9 Å². The number of carbonyl (C=O) groups excluding carboxylic acids is 1. The fourth-order valence-corrected chi connectivity index (χ4v) is 2.96. The second-order valence-corrected chi connectivity index (χ2v) is 5.72. The minimum Gasteiger partial charge on any atom is -0.341 e. The molecule has 98 valence electrons. The quantitative estimate of drug-likeness (QED) is 0.764. The van der Waals surface area contributed by atoms with Gasteiger partial charge in [0, 0.05) is 19.1 Å². The first-order valence-corrected chi connectivity index (χ1v) is 6.78. The van der Waals surface area contributed by atoms with Crippen molar-refractivity contribution in [2.24, 2.45) is 5.92 Å². The van der Waals surface area contributed by atoms with Crippen molar-refractivity contribution in [3.8, 4) is 0 Å². The second kappa shape index (κ2) is 5.36. The van der Waals surface area contributed by atoms with E-state index < -0.39 is 0 Å². The molecule has 2 aliphatic rings. The van der Waals surface area contributed by atoms with Gasteiger partial charge in [-0.05, 0) is 45.8 Å². The van der Waals surface area contributed by atoms with E-state index in [1.54, 1.807) is 0 Å². The lowest BCUT2D eigenvalue weighted by atomic mass is 9.99. The van der Waals surface area contributed by atoms with Crippen molar-refractivity contribution in [2.75, 3.05) is 33.7 Å². The van der Waals surface area contributed by atoms with E-state index in [2.05, 4.69) is 36.1 Å². The van der Waals surface area contributed by atoms with E-state index in [4.69, 9.17) is 0 Å². The maximum Gasteiger partial charge on any atom is 0.239 e. The number of carbonyl (C=O) groups is 1. The van der Waals surface area contributed by atoms with Crippen LogP contribution in [0.5, 0.6) is 0 Å². The zero-order chi connectivity index (χ0) is 12.4. The Bertz CT molecular complexity index is 272. The summed E-state index contributed by atoms with van der Waals surface area (Å²) in [5.74, 6) is 0.821. The Labute approximate surface area is 104 Å². The summed E-state index contributed by atoms with van der Waals surface area (Å²) >= 11 is 0. The lowest BCUT2D eigenvalue weighted by Gasteiger charge is -2.36. The number of nitrogens with zero attached hydrogens (tertiary/aromatic N) is 2. The smallest absolute Gasteiger partial charge is 0.239 e. The first-order valence-electron chi connectivity index (χ1n) is 6.78. The minimum atomic E-state index is 0.0749. The van der Waals surface area contributed by atoms with E-state index in [9.17, 15) is 4.79 Å². The summed E-state index contributed by atoms with van der Waals surface area (Å²) in [5, 5.41) is 3.34. The number of piperidine rings is 1. The first-order chi connectivity index (χ1) is 8.09. The normalized spacial score (nSPS) is 31.2. The predicted octanol–water partition coefficient (Wildman–Crippen LogP) is 0.537.